The second-order valence-electron chi connectivity index (χ2n) is 10.1. The molecule has 0 aliphatic carbocycles. The van der Waals surface area contributed by atoms with Crippen molar-refractivity contribution in [3.05, 3.63) is 81.8 Å². The first-order valence-corrected chi connectivity index (χ1v) is 16.9. The van der Waals surface area contributed by atoms with Gasteiger partial charge < -0.3 is 9.47 Å². The lowest BCUT2D eigenvalue weighted by Gasteiger charge is -2.33. The molecule has 2 aliphatic rings. The standard InChI is InChI=1S/C28H30ClFN2O8S2/c1-18-24(28(34)40-16-23(33)39-12-11-32(2)15-19-7-4-3-5-8-19)26(25-20(29)9-6-10-21(25)30)27-22(31-18)17-41(35,36)13-14-42(27,37)38/h3-10,26-27H,11-17H2,1-2H3. The summed E-state index contributed by atoms with van der Waals surface area (Å²) in [6.45, 7) is 1.63. The first-order chi connectivity index (χ1) is 19.8. The van der Waals surface area contributed by atoms with E-state index in [0.29, 0.717) is 13.1 Å². The van der Waals surface area contributed by atoms with Gasteiger partial charge >= 0.3 is 11.9 Å². The highest BCUT2D eigenvalue weighted by atomic mass is 35.5. The minimum atomic E-state index is -4.26. The summed E-state index contributed by atoms with van der Waals surface area (Å²) < 4.78 is 77.4. The molecule has 0 N–H and O–H groups in total. The van der Waals surface area contributed by atoms with Gasteiger partial charge in [0.25, 0.3) is 0 Å². The Balaban J connectivity index is 1.53. The van der Waals surface area contributed by atoms with Gasteiger partial charge in [-0.05, 0) is 31.7 Å². The summed E-state index contributed by atoms with van der Waals surface area (Å²) in [5, 5.41) is -1.84. The van der Waals surface area contributed by atoms with Crippen molar-refractivity contribution < 1.29 is 40.3 Å². The molecule has 42 heavy (non-hydrogen) atoms. The zero-order chi connectivity index (χ0) is 30.7. The number of rotatable bonds is 9. The second-order valence-corrected chi connectivity index (χ2v) is 14.9. The summed E-state index contributed by atoms with van der Waals surface area (Å²) >= 11 is 6.32. The average molecular weight is 641 g/mol. The van der Waals surface area contributed by atoms with Crippen molar-refractivity contribution in [2.24, 2.45) is 4.99 Å². The molecule has 4 rings (SSSR count). The van der Waals surface area contributed by atoms with E-state index in [2.05, 4.69) is 4.99 Å². The summed E-state index contributed by atoms with van der Waals surface area (Å²) in [4.78, 5) is 31.8. The van der Waals surface area contributed by atoms with Crippen LogP contribution >= 0.6 is 11.6 Å². The number of esters is 2. The van der Waals surface area contributed by atoms with Crippen LogP contribution < -0.4 is 0 Å². The number of sulfone groups is 2. The monoisotopic (exact) mass is 640 g/mol. The van der Waals surface area contributed by atoms with Crippen molar-refractivity contribution in [2.45, 2.75) is 24.6 Å². The lowest BCUT2D eigenvalue weighted by atomic mass is 9.83. The third-order valence-electron chi connectivity index (χ3n) is 6.96. The number of nitrogens with zero attached hydrogens (tertiary/aromatic N) is 2. The van der Waals surface area contributed by atoms with Crippen LogP contribution in [-0.2, 0) is 45.3 Å². The van der Waals surface area contributed by atoms with Gasteiger partial charge in [0.2, 0.25) is 0 Å². The fourth-order valence-corrected chi connectivity index (χ4v) is 9.68. The molecule has 0 saturated carbocycles. The van der Waals surface area contributed by atoms with Crippen molar-refractivity contribution in [3.63, 3.8) is 0 Å². The normalized spacial score (nSPS) is 21.2. The molecule has 2 heterocycles. The van der Waals surface area contributed by atoms with Crippen molar-refractivity contribution >= 4 is 48.9 Å². The van der Waals surface area contributed by atoms with Crippen LogP contribution in [-0.4, -0.2) is 88.7 Å². The largest absolute Gasteiger partial charge is 0.462 e. The van der Waals surface area contributed by atoms with Crippen LogP contribution in [0.5, 0.6) is 0 Å². The second kappa shape index (κ2) is 13.0. The topological polar surface area (TPSA) is 136 Å². The molecule has 10 nitrogen and oxygen atoms in total. The molecule has 0 amide bonds. The van der Waals surface area contributed by atoms with E-state index in [4.69, 9.17) is 21.1 Å². The van der Waals surface area contributed by atoms with Crippen LogP contribution in [0.25, 0.3) is 0 Å². The third kappa shape index (κ3) is 7.44. The number of allylic oxidation sites excluding steroid dienone is 1. The predicted octanol–water partition coefficient (Wildman–Crippen LogP) is 2.72. The summed E-state index contributed by atoms with van der Waals surface area (Å²) in [6.07, 6.45) is 0. The van der Waals surface area contributed by atoms with Crippen LogP contribution in [0.15, 0.2) is 64.8 Å². The van der Waals surface area contributed by atoms with E-state index in [-0.39, 0.29) is 34.2 Å². The number of fused-ring (bicyclic) bond motifs is 1. The fraction of sp³-hybridized carbons (Fsp3) is 0.393. The molecule has 2 aromatic carbocycles. The third-order valence-corrected chi connectivity index (χ3v) is 11.2. The van der Waals surface area contributed by atoms with Crippen molar-refractivity contribution in [1.82, 2.24) is 4.90 Å². The molecule has 14 heteroatoms. The molecular weight excluding hydrogens is 611 g/mol. The maximum absolute atomic E-state index is 15.2. The van der Waals surface area contributed by atoms with Crippen molar-refractivity contribution in [3.8, 4) is 0 Å². The van der Waals surface area contributed by atoms with Gasteiger partial charge in [-0.15, -0.1) is 0 Å². The Morgan fingerprint density at radius 1 is 1.05 bits per heavy atom. The first-order valence-electron chi connectivity index (χ1n) is 13.0. The average Bonchev–Trinajstić information content (AvgIpc) is 2.99. The SMILES string of the molecule is CC1=C(C(=O)OCC(=O)OCCN(C)Cc2ccccc2)C(c2c(F)cccc2Cl)C2C(=N1)CS(=O)(=O)CCS2(=O)=O. The van der Waals surface area contributed by atoms with E-state index >= 15 is 4.39 Å². The van der Waals surface area contributed by atoms with E-state index in [1.807, 2.05) is 42.3 Å². The van der Waals surface area contributed by atoms with E-state index < -0.39 is 72.5 Å². The number of likely N-dealkylation sites (N-methyl/N-ethyl adjacent to an activating group) is 1. The molecule has 0 bridgehead atoms. The quantitative estimate of drug-likeness (QED) is 0.379. The van der Waals surface area contributed by atoms with E-state index in [0.717, 1.165) is 11.6 Å². The fourth-order valence-electron chi connectivity index (χ4n) is 5.02. The van der Waals surface area contributed by atoms with Gasteiger partial charge in [-0.1, -0.05) is 48.0 Å². The number of ether oxygens (including phenoxy) is 2. The van der Waals surface area contributed by atoms with Crippen LogP contribution in [0.1, 0.15) is 24.0 Å². The molecule has 0 aromatic heterocycles. The van der Waals surface area contributed by atoms with Gasteiger partial charge in [-0.3, -0.25) is 9.89 Å². The summed E-state index contributed by atoms with van der Waals surface area (Å²) in [7, 11) is -6.25. The molecule has 2 atom stereocenters. The molecule has 2 aromatic rings. The Morgan fingerprint density at radius 3 is 2.45 bits per heavy atom. The van der Waals surface area contributed by atoms with Crippen LogP contribution in [0.2, 0.25) is 5.02 Å². The first kappa shape index (κ1) is 31.8. The Labute approximate surface area is 249 Å². The molecule has 2 unspecified atom stereocenters. The molecule has 0 spiro atoms. The zero-order valence-corrected chi connectivity index (χ0v) is 25.3. The van der Waals surface area contributed by atoms with Gasteiger partial charge in [0.05, 0.1) is 28.5 Å². The van der Waals surface area contributed by atoms with Gasteiger partial charge in [0.15, 0.2) is 26.3 Å². The Morgan fingerprint density at radius 2 is 1.76 bits per heavy atom. The molecule has 226 valence electrons. The highest BCUT2D eigenvalue weighted by molar-refractivity contribution is 7.97. The van der Waals surface area contributed by atoms with Gasteiger partial charge in [-0.2, -0.15) is 0 Å². The molecule has 1 saturated heterocycles. The maximum Gasteiger partial charge on any atom is 0.344 e. The number of benzene rings is 2. The van der Waals surface area contributed by atoms with Crippen LogP contribution in [0.4, 0.5) is 4.39 Å². The lowest BCUT2D eigenvalue weighted by Crippen LogP contribution is -2.43. The Bertz CT molecular complexity index is 1620. The van der Waals surface area contributed by atoms with Crippen LogP contribution in [0.3, 0.4) is 0 Å². The summed E-state index contributed by atoms with van der Waals surface area (Å²) in [5.41, 5.74) is 0.132. The van der Waals surface area contributed by atoms with E-state index in [1.165, 1.54) is 19.1 Å². The number of aliphatic imine (C=N–C) groups is 1. The maximum atomic E-state index is 15.2. The molecule has 1 fully saturated rings. The smallest absolute Gasteiger partial charge is 0.344 e. The number of hydrogen-bond acceptors (Lipinski definition) is 10. The van der Waals surface area contributed by atoms with Crippen molar-refractivity contribution in [2.75, 3.05) is 44.1 Å². The highest BCUT2D eigenvalue weighted by Gasteiger charge is 2.50. The van der Waals surface area contributed by atoms with Crippen molar-refractivity contribution in [1.29, 1.82) is 0 Å². The van der Waals surface area contributed by atoms with E-state index in [9.17, 15) is 26.4 Å². The molecule has 0 radical (unpaired) electrons. The number of hydrogen-bond donors (Lipinski definition) is 0. The number of carbonyl (C=O) groups excluding carboxylic acids is 2. The van der Waals surface area contributed by atoms with Gasteiger partial charge in [0, 0.05) is 35.3 Å². The number of carbonyl (C=O) groups is 2. The minimum absolute atomic E-state index is 0.0251. The molecule has 2 aliphatic heterocycles. The summed E-state index contributed by atoms with van der Waals surface area (Å²) in [6, 6.07) is 13.4. The minimum Gasteiger partial charge on any atom is -0.462 e. The van der Waals surface area contributed by atoms with Gasteiger partial charge in [-0.25, -0.2) is 30.8 Å². The van der Waals surface area contributed by atoms with Crippen LogP contribution in [0, 0.1) is 5.82 Å². The lowest BCUT2D eigenvalue weighted by molar-refractivity contribution is -0.157. The highest BCUT2D eigenvalue weighted by Crippen LogP contribution is 2.43. The molecular formula is C28H30ClFN2O8S2. The predicted molar refractivity (Wildman–Crippen MR) is 155 cm³/mol. The summed E-state index contributed by atoms with van der Waals surface area (Å²) in [5.74, 6) is -6.48. The van der Waals surface area contributed by atoms with E-state index in [1.54, 1.807) is 0 Å². The number of halogens is 2. The Kier molecular flexibility index (Phi) is 9.86. The zero-order valence-electron chi connectivity index (χ0n) is 23.0. The van der Waals surface area contributed by atoms with Gasteiger partial charge in [0.1, 0.15) is 17.7 Å². The Hall–Kier alpha value is -3.13.